The van der Waals surface area contributed by atoms with Crippen LogP contribution in [0.2, 0.25) is 0 Å². The first-order valence-corrected chi connectivity index (χ1v) is 7.81. The van der Waals surface area contributed by atoms with Gasteiger partial charge in [0, 0.05) is 6.54 Å². The maximum Gasteiger partial charge on any atom is 0.00105 e. The summed E-state index contributed by atoms with van der Waals surface area (Å²) >= 11 is 0. The number of hydrogen-bond donors (Lipinski definition) is 1. The van der Waals surface area contributed by atoms with Crippen molar-refractivity contribution in [2.75, 3.05) is 32.7 Å². The quantitative estimate of drug-likeness (QED) is 0.765. The van der Waals surface area contributed by atoms with Crippen LogP contribution in [0.5, 0.6) is 0 Å². The second-order valence-corrected chi connectivity index (χ2v) is 6.03. The minimum atomic E-state index is 0.958. The van der Waals surface area contributed by atoms with E-state index >= 15 is 0 Å². The van der Waals surface area contributed by atoms with Crippen molar-refractivity contribution in [2.45, 2.75) is 51.9 Å². The Morgan fingerprint density at radius 2 is 1.71 bits per heavy atom. The summed E-state index contributed by atoms with van der Waals surface area (Å²) in [7, 11) is 0. The zero-order valence-electron chi connectivity index (χ0n) is 11.6. The van der Waals surface area contributed by atoms with Crippen molar-refractivity contribution in [3.05, 3.63) is 0 Å². The van der Waals surface area contributed by atoms with E-state index in [4.69, 9.17) is 0 Å². The van der Waals surface area contributed by atoms with Gasteiger partial charge in [0.05, 0.1) is 0 Å². The molecule has 0 bridgehead atoms. The molecule has 2 heteroatoms. The fourth-order valence-corrected chi connectivity index (χ4v) is 3.47. The van der Waals surface area contributed by atoms with Crippen molar-refractivity contribution in [1.82, 2.24) is 10.2 Å². The van der Waals surface area contributed by atoms with Gasteiger partial charge in [0.15, 0.2) is 0 Å². The molecule has 0 atom stereocenters. The first-order valence-electron chi connectivity index (χ1n) is 7.81. The summed E-state index contributed by atoms with van der Waals surface area (Å²) in [5.74, 6) is 2.01. The predicted molar refractivity (Wildman–Crippen MR) is 74.3 cm³/mol. The average molecular weight is 238 g/mol. The molecular weight excluding hydrogens is 208 g/mol. The van der Waals surface area contributed by atoms with Gasteiger partial charge in [-0.3, -0.25) is 0 Å². The van der Waals surface area contributed by atoms with Gasteiger partial charge in [-0.25, -0.2) is 0 Å². The predicted octanol–water partition coefficient (Wildman–Crippen LogP) is 2.89. The Hall–Kier alpha value is -0.0800. The van der Waals surface area contributed by atoms with Crippen molar-refractivity contribution < 1.29 is 0 Å². The van der Waals surface area contributed by atoms with Crippen molar-refractivity contribution in [3.63, 3.8) is 0 Å². The van der Waals surface area contributed by atoms with Crippen LogP contribution < -0.4 is 5.32 Å². The lowest BCUT2D eigenvalue weighted by Crippen LogP contribution is -2.36. The molecule has 1 saturated carbocycles. The number of nitrogens with one attached hydrogen (secondary N) is 1. The number of nitrogens with zero attached hydrogens (tertiary/aromatic N) is 1. The number of hydrogen-bond acceptors (Lipinski definition) is 2. The summed E-state index contributed by atoms with van der Waals surface area (Å²) in [5, 5.41) is 3.46. The van der Waals surface area contributed by atoms with Crippen LogP contribution in [0.1, 0.15) is 51.9 Å². The highest BCUT2D eigenvalue weighted by Gasteiger charge is 2.19. The molecule has 0 radical (unpaired) electrons. The van der Waals surface area contributed by atoms with Crippen LogP contribution in [0.3, 0.4) is 0 Å². The lowest BCUT2D eigenvalue weighted by molar-refractivity contribution is 0.202. The van der Waals surface area contributed by atoms with Crippen LogP contribution in [-0.4, -0.2) is 37.6 Å². The second-order valence-electron chi connectivity index (χ2n) is 6.03. The first-order chi connectivity index (χ1) is 8.38. The number of rotatable bonds is 6. The smallest absolute Gasteiger partial charge is 0.00105 e. The van der Waals surface area contributed by atoms with Crippen LogP contribution in [-0.2, 0) is 0 Å². The first kappa shape index (κ1) is 13.4. The topological polar surface area (TPSA) is 15.3 Å². The monoisotopic (exact) mass is 238 g/mol. The zero-order valence-corrected chi connectivity index (χ0v) is 11.6. The molecule has 2 rings (SSSR count). The average Bonchev–Trinajstić information content (AvgIpc) is 2.89. The Kier molecular flexibility index (Phi) is 5.79. The van der Waals surface area contributed by atoms with E-state index in [1.807, 2.05) is 0 Å². The van der Waals surface area contributed by atoms with Gasteiger partial charge in [-0.15, -0.1) is 0 Å². The molecule has 0 amide bonds. The van der Waals surface area contributed by atoms with Gasteiger partial charge in [0.25, 0.3) is 0 Å². The molecule has 2 aliphatic rings. The lowest BCUT2D eigenvalue weighted by Gasteiger charge is -2.30. The number of piperidine rings is 1. The highest BCUT2D eigenvalue weighted by atomic mass is 15.1. The molecule has 0 unspecified atom stereocenters. The van der Waals surface area contributed by atoms with Crippen LogP contribution in [0.25, 0.3) is 0 Å². The van der Waals surface area contributed by atoms with Crippen molar-refractivity contribution in [3.8, 4) is 0 Å². The van der Waals surface area contributed by atoms with Gasteiger partial charge in [-0.05, 0) is 57.3 Å². The van der Waals surface area contributed by atoms with Crippen LogP contribution in [0.15, 0.2) is 0 Å². The van der Waals surface area contributed by atoms with Crippen LogP contribution in [0, 0.1) is 11.8 Å². The largest absolute Gasteiger partial charge is 0.317 e. The molecular formula is C15H30N2. The van der Waals surface area contributed by atoms with Crippen molar-refractivity contribution in [2.24, 2.45) is 11.8 Å². The van der Waals surface area contributed by atoms with Crippen molar-refractivity contribution >= 4 is 0 Å². The van der Waals surface area contributed by atoms with Crippen LogP contribution >= 0.6 is 0 Å². The molecule has 0 aromatic carbocycles. The summed E-state index contributed by atoms with van der Waals surface area (Å²) in [5.41, 5.74) is 0. The molecule has 0 aromatic rings. The molecule has 100 valence electrons. The fourth-order valence-electron chi connectivity index (χ4n) is 3.47. The molecule has 1 N–H and O–H groups in total. The minimum absolute atomic E-state index is 0.958. The second kappa shape index (κ2) is 7.38. The molecule has 0 spiro atoms. The van der Waals surface area contributed by atoms with Crippen molar-refractivity contribution in [1.29, 1.82) is 0 Å². The molecule has 1 saturated heterocycles. The third-order valence-corrected chi connectivity index (χ3v) is 4.75. The van der Waals surface area contributed by atoms with E-state index in [0.29, 0.717) is 0 Å². The SMILES string of the molecule is CCN(CCC1CCCC1)CC1CCNCC1. The summed E-state index contributed by atoms with van der Waals surface area (Å²) in [6.07, 6.45) is 10.2. The van der Waals surface area contributed by atoms with E-state index in [-0.39, 0.29) is 0 Å². The van der Waals surface area contributed by atoms with E-state index in [9.17, 15) is 0 Å². The van der Waals surface area contributed by atoms with Gasteiger partial charge >= 0.3 is 0 Å². The normalized spacial score (nSPS) is 23.6. The van der Waals surface area contributed by atoms with E-state index in [1.165, 1.54) is 77.7 Å². The Morgan fingerprint density at radius 3 is 2.35 bits per heavy atom. The summed E-state index contributed by atoms with van der Waals surface area (Å²) < 4.78 is 0. The maximum absolute atomic E-state index is 3.46. The molecule has 2 fully saturated rings. The Morgan fingerprint density at radius 1 is 1.00 bits per heavy atom. The Labute approximate surface area is 107 Å². The minimum Gasteiger partial charge on any atom is -0.317 e. The van der Waals surface area contributed by atoms with Gasteiger partial charge in [-0.2, -0.15) is 0 Å². The summed E-state index contributed by atoms with van der Waals surface area (Å²) in [6, 6.07) is 0. The molecule has 2 nitrogen and oxygen atoms in total. The Balaban J connectivity index is 1.64. The zero-order chi connectivity index (χ0) is 11.9. The van der Waals surface area contributed by atoms with Crippen LogP contribution in [0.4, 0.5) is 0 Å². The van der Waals surface area contributed by atoms with Gasteiger partial charge in [-0.1, -0.05) is 32.6 Å². The molecule has 1 heterocycles. The van der Waals surface area contributed by atoms with E-state index in [0.717, 1.165) is 11.8 Å². The fraction of sp³-hybridized carbons (Fsp3) is 1.00. The third kappa shape index (κ3) is 4.59. The highest BCUT2D eigenvalue weighted by Crippen LogP contribution is 2.27. The maximum atomic E-state index is 3.46. The summed E-state index contributed by atoms with van der Waals surface area (Å²) in [4.78, 5) is 2.70. The van der Waals surface area contributed by atoms with Gasteiger partial charge < -0.3 is 10.2 Å². The standard InChI is InChI=1S/C15H30N2/c1-2-17(12-9-14-5-3-4-6-14)13-15-7-10-16-11-8-15/h14-16H,2-13H2,1H3. The Bertz CT molecular complexity index is 193. The van der Waals surface area contributed by atoms with E-state index in [2.05, 4.69) is 17.1 Å². The van der Waals surface area contributed by atoms with Gasteiger partial charge in [0.1, 0.15) is 0 Å². The molecule has 1 aliphatic carbocycles. The summed E-state index contributed by atoms with van der Waals surface area (Å²) in [6.45, 7) is 8.76. The highest BCUT2D eigenvalue weighted by molar-refractivity contribution is 4.74. The molecule has 1 aliphatic heterocycles. The third-order valence-electron chi connectivity index (χ3n) is 4.75. The molecule has 17 heavy (non-hydrogen) atoms. The van der Waals surface area contributed by atoms with Gasteiger partial charge in [0.2, 0.25) is 0 Å². The van der Waals surface area contributed by atoms with E-state index < -0.39 is 0 Å². The molecule has 0 aromatic heterocycles. The van der Waals surface area contributed by atoms with E-state index in [1.54, 1.807) is 0 Å². The lowest BCUT2D eigenvalue weighted by atomic mass is 9.97.